The van der Waals surface area contributed by atoms with Crippen LogP contribution in [0.2, 0.25) is 0 Å². The highest BCUT2D eigenvalue weighted by Gasteiger charge is 2.46. The van der Waals surface area contributed by atoms with Gasteiger partial charge in [0.15, 0.2) is 0 Å². The third-order valence-electron chi connectivity index (χ3n) is 5.20. The second-order valence-electron chi connectivity index (χ2n) is 7.38. The third-order valence-corrected chi connectivity index (χ3v) is 5.20. The van der Waals surface area contributed by atoms with Crippen molar-refractivity contribution in [3.05, 3.63) is 0 Å². The molecule has 4 heteroatoms. The number of carbonyl (C=O) groups is 1. The van der Waals surface area contributed by atoms with Crippen LogP contribution < -0.4 is 5.32 Å². The average Bonchev–Trinajstić information content (AvgIpc) is 2.34. The van der Waals surface area contributed by atoms with Gasteiger partial charge in [0.25, 0.3) is 0 Å². The van der Waals surface area contributed by atoms with Crippen molar-refractivity contribution in [3.8, 4) is 6.07 Å². The van der Waals surface area contributed by atoms with Crippen molar-refractivity contribution in [1.29, 1.82) is 5.26 Å². The van der Waals surface area contributed by atoms with Gasteiger partial charge in [0, 0.05) is 6.04 Å². The molecule has 114 valence electrons. The Hall–Kier alpha value is -1.08. The molecule has 20 heavy (non-hydrogen) atoms. The van der Waals surface area contributed by atoms with Crippen LogP contribution in [-0.2, 0) is 4.79 Å². The summed E-state index contributed by atoms with van der Waals surface area (Å²) in [7, 11) is 0. The zero-order valence-corrected chi connectivity index (χ0v) is 13.4. The topological polar surface area (TPSA) is 73.1 Å². The number of nitriles is 1. The van der Waals surface area contributed by atoms with E-state index in [1.54, 1.807) is 0 Å². The van der Waals surface area contributed by atoms with Gasteiger partial charge in [-0.1, -0.05) is 20.8 Å². The van der Waals surface area contributed by atoms with Gasteiger partial charge in [-0.2, -0.15) is 5.26 Å². The van der Waals surface area contributed by atoms with Crippen LogP contribution in [0, 0.1) is 34.0 Å². The number of nitrogens with zero attached hydrogens (tertiary/aromatic N) is 1. The molecule has 0 radical (unpaired) electrons. The molecule has 1 rings (SSSR count). The first-order valence-electron chi connectivity index (χ1n) is 7.49. The maximum absolute atomic E-state index is 11.4. The molecule has 4 nitrogen and oxygen atoms in total. The molecule has 0 heterocycles. The Balaban J connectivity index is 2.59. The fraction of sp³-hybridized carbons (Fsp3) is 0.875. The van der Waals surface area contributed by atoms with Crippen molar-refractivity contribution >= 4 is 5.97 Å². The Kier molecular flexibility index (Phi) is 5.21. The molecule has 1 fully saturated rings. The summed E-state index contributed by atoms with van der Waals surface area (Å²) in [5.41, 5.74) is -0.503. The zero-order chi connectivity index (χ0) is 15.6. The first-order valence-corrected chi connectivity index (χ1v) is 7.49. The molecule has 3 atom stereocenters. The predicted octanol–water partition coefficient (Wildman–Crippen LogP) is 3.04. The van der Waals surface area contributed by atoms with Gasteiger partial charge in [-0.3, -0.25) is 4.79 Å². The van der Waals surface area contributed by atoms with E-state index in [4.69, 9.17) is 5.26 Å². The molecule has 0 bridgehead atoms. The Morgan fingerprint density at radius 1 is 1.45 bits per heavy atom. The lowest BCUT2D eigenvalue weighted by atomic mass is 9.61. The van der Waals surface area contributed by atoms with Crippen LogP contribution >= 0.6 is 0 Å². The van der Waals surface area contributed by atoms with Crippen LogP contribution in [0.4, 0.5) is 0 Å². The smallest absolute Gasteiger partial charge is 0.307 e. The molecular weight excluding hydrogens is 252 g/mol. The Morgan fingerprint density at radius 3 is 2.55 bits per heavy atom. The molecular formula is C16H28N2O2. The Morgan fingerprint density at radius 2 is 2.05 bits per heavy atom. The number of carboxylic acid groups (broad SMARTS) is 1. The lowest BCUT2D eigenvalue weighted by Crippen LogP contribution is -2.51. The minimum atomic E-state index is -0.675. The highest BCUT2D eigenvalue weighted by atomic mass is 16.4. The number of rotatable bonds is 5. The van der Waals surface area contributed by atoms with Gasteiger partial charge in [-0.25, -0.2) is 0 Å². The number of aliphatic carboxylic acids is 1. The molecule has 3 unspecified atom stereocenters. The molecule has 2 N–H and O–H groups in total. The molecule has 0 aromatic rings. The molecule has 0 spiro atoms. The van der Waals surface area contributed by atoms with Crippen LogP contribution in [0.25, 0.3) is 0 Å². The van der Waals surface area contributed by atoms with E-state index in [1.165, 1.54) is 0 Å². The predicted molar refractivity (Wildman–Crippen MR) is 79.1 cm³/mol. The van der Waals surface area contributed by atoms with Crippen LogP contribution in [-0.4, -0.2) is 23.7 Å². The van der Waals surface area contributed by atoms with Gasteiger partial charge in [0.1, 0.15) is 0 Å². The Labute approximate surface area is 122 Å². The standard InChI is InChI=1S/C16H28N2O2/c1-11-13(18-9-8-15(2,3)10-17)7-6-12(14(19)20)16(11,4)5/h11-13,18H,6-9H2,1-5H3,(H,19,20). The van der Waals surface area contributed by atoms with Crippen molar-refractivity contribution in [3.63, 3.8) is 0 Å². The quantitative estimate of drug-likeness (QED) is 0.812. The first-order chi connectivity index (χ1) is 9.12. The molecule has 0 aliphatic heterocycles. The molecule has 0 aromatic carbocycles. The van der Waals surface area contributed by atoms with Gasteiger partial charge >= 0.3 is 5.97 Å². The summed E-state index contributed by atoms with van der Waals surface area (Å²) in [4.78, 5) is 11.4. The number of hydrogen-bond acceptors (Lipinski definition) is 3. The van der Waals surface area contributed by atoms with Crippen LogP contribution in [0.5, 0.6) is 0 Å². The monoisotopic (exact) mass is 280 g/mol. The largest absolute Gasteiger partial charge is 0.481 e. The van der Waals surface area contributed by atoms with Crippen LogP contribution in [0.3, 0.4) is 0 Å². The van der Waals surface area contributed by atoms with Gasteiger partial charge in [0.2, 0.25) is 0 Å². The normalized spacial score (nSPS) is 29.7. The molecule has 0 aromatic heterocycles. The molecule has 1 saturated carbocycles. The average molecular weight is 280 g/mol. The summed E-state index contributed by atoms with van der Waals surface area (Å²) >= 11 is 0. The lowest BCUT2D eigenvalue weighted by molar-refractivity contribution is -0.150. The Bertz CT molecular complexity index is 396. The van der Waals surface area contributed by atoms with Gasteiger partial charge in [-0.15, -0.1) is 0 Å². The third kappa shape index (κ3) is 3.73. The minimum Gasteiger partial charge on any atom is -0.481 e. The maximum Gasteiger partial charge on any atom is 0.307 e. The van der Waals surface area contributed by atoms with E-state index in [9.17, 15) is 9.90 Å². The molecule has 0 amide bonds. The first kappa shape index (κ1) is 17.0. The second-order valence-corrected chi connectivity index (χ2v) is 7.38. The van der Waals surface area contributed by atoms with Crippen molar-refractivity contribution in [2.45, 2.75) is 59.9 Å². The van der Waals surface area contributed by atoms with Crippen molar-refractivity contribution in [2.24, 2.45) is 22.7 Å². The highest BCUT2D eigenvalue weighted by molar-refractivity contribution is 5.71. The number of carboxylic acids is 1. The van der Waals surface area contributed by atoms with Gasteiger partial charge in [-0.05, 0) is 51.0 Å². The summed E-state index contributed by atoms with van der Waals surface area (Å²) in [6.45, 7) is 11.0. The van der Waals surface area contributed by atoms with Crippen molar-refractivity contribution in [1.82, 2.24) is 5.32 Å². The van der Waals surface area contributed by atoms with E-state index >= 15 is 0 Å². The van der Waals surface area contributed by atoms with E-state index in [0.717, 1.165) is 25.8 Å². The fourth-order valence-electron chi connectivity index (χ4n) is 3.15. The van der Waals surface area contributed by atoms with E-state index in [2.05, 4.69) is 32.2 Å². The van der Waals surface area contributed by atoms with Gasteiger partial charge < -0.3 is 10.4 Å². The van der Waals surface area contributed by atoms with E-state index in [0.29, 0.717) is 12.0 Å². The van der Waals surface area contributed by atoms with Gasteiger partial charge in [0.05, 0.1) is 17.4 Å². The van der Waals surface area contributed by atoms with E-state index in [-0.39, 0.29) is 16.7 Å². The van der Waals surface area contributed by atoms with Crippen molar-refractivity contribution in [2.75, 3.05) is 6.54 Å². The maximum atomic E-state index is 11.4. The van der Waals surface area contributed by atoms with Crippen molar-refractivity contribution < 1.29 is 9.90 Å². The number of nitrogens with one attached hydrogen (secondary N) is 1. The fourth-order valence-corrected chi connectivity index (χ4v) is 3.15. The lowest BCUT2D eigenvalue weighted by Gasteiger charge is -2.46. The van der Waals surface area contributed by atoms with E-state index < -0.39 is 5.97 Å². The second kappa shape index (κ2) is 6.13. The molecule has 1 aliphatic rings. The summed E-state index contributed by atoms with van der Waals surface area (Å²) in [5.74, 6) is -0.625. The van der Waals surface area contributed by atoms with E-state index in [1.807, 2.05) is 13.8 Å². The summed E-state index contributed by atoms with van der Waals surface area (Å²) in [6.07, 6.45) is 2.44. The summed E-state index contributed by atoms with van der Waals surface area (Å²) < 4.78 is 0. The molecule has 1 aliphatic carbocycles. The number of hydrogen-bond donors (Lipinski definition) is 2. The van der Waals surface area contributed by atoms with Crippen LogP contribution in [0.15, 0.2) is 0 Å². The summed E-state index contributed by atoms with van der Waals surface area (Å²) in [6, 6.07) is 2.65. The molecule has 0 saturated heterocycles. The summed E-state index contributed by atoms with van der Waals surface area (Å²) in [5, 5.41) is 21.9. The highest BCUT2D eigenvalue weighted by Crippen LogP contribution is 2.45. The van der Waals surface area contributed by atoms with Crippen LogP contribution in [0.1, 0.15) is 53.9 Å². The minimum absolute atomic E-state index is 0.202. The SMILES string of the molecule is CC1C(NCCC(C)(C)C#N)CCC(C(=O)O)C1(C)C. The zero-order valence-electron chi connectivity index (χ0n) is 13.4.